The van der Waals surface area contributed by atoms with Gasteiger partial charge in [-0.05, 0) is 67.8 Å². The molecule has 0 spiro atoms. The molecule has 0 saturated carbocycles. The van der Waals surface area contributed by atoms with Crippen molar-refractivity contribution in [1.82, 2.24) is 9.97 Å². The molecule has 0 saturated heterocycles. The minimum Gasteiger partial charge on any atom is -0.398 e. The number of anilines is 1. The second kappa shape index (κ2) is 18.6. The SMILES string of the molecule is Br.Br.Cc1ccc(C)cc1.Nc1cc(S(=O)(=O)O)cc2cc(S(=O)(=O)O)cc(S(=O)(=O)O)c12.c1ccncc1.c1ccncc1. The van der Waals surface area contributed by atoms with Crippen LogP contribution in [0.1, 0.15) is 11.1 Å². The monoisotopic (exact) mass is 807 g/mol. The van der Waals surface area contributed by atoms with E-state index in [2.05, 4.69) is 48.1 Å². The van der Waals surface area contributed by atoms with Gasteiger partial charge in [0.2, 0.25) is 0 Å². The summed E-state index contributed by atoms with van der Waals surface area (Å²) in [5.41, 5.74) is 7.75. The van der Waals surface area contributed by atoms with E-state index in [1.54, 1.807) is 24.8 Å². The van der Waals surface area contributed by atoms with Gasteiger partial charge in [0, 0.05) is 35.9 Å². The molecule has 0 amide bonds. The molecule has 2 aromatic heterocycles. The molecule has 5 aromatic rings. The molecule has 0 aliphatic carbocycles. The lowest BCUT2D eigenvalue weighted by molar-refractivity contribution is 0.480. The first-order chi connectivity index (χ1) is 20.0. The molecule has 0 bridgehead atoms. The maximum atomic E-state index is 11.4. The van der Waals surface area contributed by atoms with E-state index in [1.165, 1.54) is 11.1 Å². The van der Waals surface area contributed by atoms with Crippen molar-refractivity contribution >= 4 is 80.8 Å². The maximum Gasteiger partial charge on any atom is 0.295 e. The van der Waals surface area contributed by atoms with Crippen LogP contribution >= 0.6 is 34.0 Å². The Kier molecular flexibility index (Phi) is 17.3. The number of hydrogen-bond acceptors (Lipinski definition) is 9. The van der Waals surface area contributed by atoms with Crippen LogP contribution in [0.2, 0.25) is 0 Å². The van der Waals surface area contributed by atoms with E-state index >= 15 is 0 Å². The Morgan fingerprint density at radius 1 is 0.556 bits per heavy atom. The van der Waals surface area contributed by atoms with E-state index < -0.39 is 50.7 Å². The molecule has 12 nitrogen and oxygen atoms in total. The lowest BCUT2D eigenvalue weighted by Crippen LogP contribution is -2.07. The fourth-order valence-corrected chi connectivity index (χ4v) is 5.16. The highest BCUT2D eigenvalue weighted by Crippen LogP contribution is 2.33. The number of benzene rings is 3. The number of nitrogens with two attached hydrogens (primary N) is 1. The Morgan fingerprint density at radius 3 is 1.18 bits per heavy atom. The van der Waals surface area contributed by atoms with Gasteiger partial charge < -0.3 is 5.73 Å². The molecular weight excluding hydrogens is 778 g/mol. The van der Waals surface area contributed by atoms with E-state index in [9.17, 15) is 29.8 Å². The van der Waals surface area contributed by atoms with E-state index in [4.69, 9.17) is 14.8 Å². The highest BCUT2D eigenvalue weighted by atomic mass is 79.9. The van der Waals surface area contributed by atoms with Gasteiger partial charge in [-0.25, -0.2) is 0 Å². The molecule has 45 heavy (non-hydrogen) atoms. The third kappa shape index (κ3) is 14.6. The van der Waals surface area contributed by atoms with E-state index in [1.807, 2.05) is 36.4 Å². The van der Waals surface area contributed by atoms with Gasteiger partial charge in [0.25, 0.3) is 30.4 Å². The summed E-state index contributed by atoms with van der Waals surface area (Å²) in [5.74, 6) is 0. The molecular formula is C28H31Br2N3O9S3. The van der Waals surface area contributed by atoms with Crippen molar-refractivity contribution in [1.29, 1.82) is 0 Å². The Bertz CT molecular complexity index is 1860. The Hall–Kier alpha value is -3.29. The number of pyridine rings is 2. The van der Waals surface area contributed by atoms with E-state index in [0.717, 1.165) is 18.2 Å². The summed E-state index contributed by atoms with van der Waals surface area (Å²) in [6.45, 7) is 4.19. The summed E-state index contributed by atoms with van der Waals surface area (Å²) in [7, 11) is -14.5. The second-order valence-electron chi connectivity index (χ2n) is 8.66. The van der Waals surface area contributed by atoms with Gasteiger partial charge in [-0.3, -0.25) is 23.6 Å². The number of hydrogen-bond donors (Lipinski definition) is 4. The quantitative estimate of drug-likeness (QED) is 0.126. The fraction of sp³-hybridized carbons (Fsp3) is 0.0714. The first kappa shape index (κ1) is 41.7. The predicted octanol–water partition coefficient (Wildman–Crippen LogP) is 5.78. The van der Waals surface area contributed by atoms with Crippen LogP contribution < -0.4 is 5.73 Å². The second-order valence-corrected chi connectivity index (χ2v) is 12.9. The molecule has 0 radical (unpaired) electrons. The van der Waals surface area contributed by atoms with Crippen LogP contribution in [-0.4, -0.2) is 48.9 Å². The first-order valence-electron chi connectivity index (χ1n) is 12.0. The van der Waals surface area contributed by atoms with Crippen LogP contribution in [0.25, 0.3) is 10.8 Å². The number of nitrogens with zero attached hydrogens (tertiary/aromatic N) is 2. The number of aromatic nitrogens is 2. The smallest absolute Gasteiger partial charge is 0.295 e. The number of rotatable bonds is 3. The third-order valence-electron chi connectivity index (χ3n) is 5.22. The lowest BCUT2D eigenvalue weighted by Gasteiger charge is -2.10. The molecule has 3 aromatic carbocycles. The highest BCUT2D eigenvalue weighted by molar-refractivity contribution is 8.93. The van der Waals surface area contributed by atoms with Crippen LogP contribution in [0.15, 0.2) is 124 Å². The summed E-state index contributed by atoms with van der Waals surface area (Å²) >= 11 is 0. The normalized spacial score (nSPS) is 10.6. The molecule has 0 atom stereocenters. The van der Waals surface area contributed by atoms with Crippen molar-refractivity contribution in [3.05, 3.63) is 121 Å². The Labute approximate surface area is 283 Å². The van der Waals surface area contributed by atoms with Crippen LogP contribution in [0.4, 0.5) is 5.69 Å². The molecule has 244 valence electrons. The average Bonchev–Trinajstić information content (AvgIpc) is 2.95. The zero-order chi connectivity index (χ0) is 32.3. The van der Waals surface area contributed by atoms with Crippen LogP contribution in [0.5, 0.6) is 0 Å². The van der Waals surface area contributed by atoms with Crippen molar-refractivity contribution < 1.29 is 38.9 Å². The number of nitrogen functional groups attached to an aromatic ring is 1. The van der Waals surface area contributed by atoms with Gasteiger partial charge in [-0.2, -0.15) is 25.3 Å². The molecule has 5 rings (SSSR count). The van der Waals surface area contributed by atoms with Gasteiger partial charge in [-0.15, -0.1) is 34.0 Å². The minimum atomic E-state index is -4.95. The molecule has 0 aliphatic heterocycles. The Balaban J connectivity index is 0.000000711. The molecule has 2 heterocycles. The molecule has 0 aliphatic rings. The van der Waals surface area contributed by atoms with Crippen LogP contribution in [-0.2, 0) is 30.4 Å². The van der Waals surface area contributed by atoms with Gasteiger partial charge in [0.05, 0.1) is 9.79 Å². The van der Waals surface area contributed by atoms with Crippen LogP contribution in [0.3, 0.4) is 0 Å². The summed E-state index contributed by atoms with van der Waals surface area (Å²) in [4.78, 5) is 4.99. The van der Waals surface area contributed by atoms with E-state index in [0.29, 0.717) is 6.07 Å². The average molecular weight is 810 g/mol. The number of halogens is 2. The largest absolute Gasteiger partial charge is 0.398 e. The zero-order valence-electron chi connectivity index (χ0n) is 23.7. The fourth-order valence-electron chi connectivity index (χ4n) is 3.22. The first-order valence-corrected chi connectivity index (χ1v) is 16.3. The van der Waals surface area contributed by atoms with Gasteiger partial charge in [0.15, 0.2) is 0 Å². The lowest BCUT2D eigenvalue weighted by atomic mass is 10.1. The predicted molar refractivity (Wildman–Crippen MR) is 183 cm³/mol. The van der Waals surface area contributed by atoms with Crippen molar-refractivity contribution in [2.45, 2.75) is 28.5 Å². The third-order valence-corrected chi connectivity index (χ3v) is 7.76. The zero-order valence-corrected chi connectivity index (χ0v) is 29.6. The van der Waals surface area contributed by atoms with Gasteiger partial charge >= 0.3 is 0 Å². The van der Waals surface area contributed by atoms with Crippen molar-refractivity contribution in [2.24, 2.45) is 0 Å². The maximum absolute atomic E-state index is 11.4. The number of fused-ring (bicyclic) bond motifs is 1. The molecule has 17 heteroatoms. The summed E-state index contributed by atoms with van der Waals surface area (Å²) in [6.07, 6.45) is 7.00. The molecule has 0 fully saturated rings. The summed E-state index contributed by atoms with van der Waals surface area (Å²) < 4.78 is 94.8. The topological polar surface area (TPSA) is 215 Å². The van der Waals surface area contributed by atoms with Crippen molar-refractivity contribution in [3.8, 4) is 0 Å². The van der Waals surface area contributed by atoms with E-state index in [-0.39, 0.29) is 44.7 Å². The summed E-state index contributed by atoms with van der Waals surface area (Å²) in [5, 5.41) is -0.715. The standard InChI is InChI=1S/C10H9NO9S3.C8H10.2C5H5N.2BrH/c11-8-3-6(21(12,13)14)1-5-2-7(22(15,16)17)4-9(10(5)8)23(18,19)20;1-7-3-5-8(2)6-4-7;2*1-2-4-6-5-3-1;;/h1-4H,11H2,(H,12,13,14)(H,15,16,17)(H,18,19,20);3-6H,1-2H3;2*1-5H;2*1H. The molecule has 5 N–H and O–H groups in total. The summed E-state index contributed by atoms with van der Waals surface area (Å²) in [6, 6.07) is 22.6. The minimum absolute atomic E-state index is 0. The van der Waals surface area contributed by atoms with Gasteiger partial charge in [0.1, 0.15) is 4.90 Å². The highest BCUT2D eigenvalue weighted by Gasteiger charge is 2.23. The van der Waals surface area contributed by atoms with Gasteiger partial charge in [-0.1, -0.05) is 47.5 Å². The van der Waals surface area contributed by atoms with Crippen molar-refractivity contribution in [2.75, 3.05) is 5.73 Å². The van der Waals surface area contributed by atoms with Crippen LogP contribution in [0, 0.1) is 13.8 Å². The Morgan fingerprint density at radius 2 is 0.911 bits per heavy atom. The van der Waals surface area contributed by atoms with Crippen molar-refractivity contribution in [3.63, 3.8) is 0 Å². The number of aryl methyl sites for hydroxylation is 2. The molecule has 0 unspecified atom stereocenters.